The molecular weight excluding hydrogens is 385 g/mol. The first kappa shape index (κ1) is 13.8. The molecule has 1 unspecified atom stereocenters. The second-order valence-electron chi connectivity index (χ2n) is 5.58. The van der Waals surface area contributed by atoms with Crippen LogP contribution < -0.4 is 5.32 Å². The molecule has 0 radical (unpaired) electrons. The number of hydrogen-bond acceptors (Lipinski definition) is 1. The molecule has 108 valence electrons. The van der Waals surface area contributed by atoms with Crippen LogP contribution in [-0.4, -0.2) is 5.91 Å². The van der Waals surface area contributed by atoms with E-state index in [1.54, 1.807) is 0 Å². The van der Waals surface area contributed by atoms with Crippen molar-refractivity contribution in [2.24, 2.45) is 0 Å². The molecule has 1 atom stereocenters. The minimum atomic E-state index is 0.0912. The van der Waals surface area contributed by atoms with Crippen molar-refractivity contribution in [3.8, 4) is 0 Å². The fourth-order valence-electron chi connectivity index (χ4n) is 3.24. The van der Waals surface area contributed by atoms with Gasteiger partial charge in [0.25, 0.3) is 0 Å². The fraction of sp³-hybridized carbons (Fsp3) is 0.105. The summed E-state index contributed by atoms with van der Waals surface area (Å²) >= 11 is 2.35. The number of carbonyl (C=O) groups excluding carboxylic acids is 1. The summed E-state index contributed by atoms with van der Waals surface area (Å²) in [6, 6.07) is 20.8. The second kappa shape index (κ2) is 5.39. The monoisotopic (exact) mass is 399 g/mol. The molecule has 0 saturated heterocycles. The van der Waals surface area contributed by atoms with E-state index in [0.29, 0.717) is 6.42 Å². The summed E-state index contributed by atoms with van der Waals surface area (Å²) in [4.78, 5) is 12.3. The lowest BCUT2D eigenvalue weighted by molar-refractivity contribution is -0.116. The summed E-state index contributed by atoms with van der Waals surface area (Å²) in [6.45, 7) is 0. The lowest BCUT2D eigenvalue weighted by Crippen LogP contribution is -2.24. The van der Waals surface area contributed by atoms with Gasteiger partial charge in [-0.2, -0.15) is 0 Å². The standard InChI is InChI=1S/C19H14INO/c20-17-8-4-3-7-14(17)16-11-18(22)21-19-13-6-2-1-5-12(13)9-10-15(16)19/h1-10,16H,11H2,(H,21,22). The topological polar surface area (TPSA) is 29.1 Å². The number of rotatable bonds is 1. The van der Waals surface area contributed by atoms with Crippen molar-refractivity contribution in [3.63, 3.8) is 0 Å². The maximum absolute atomic E-state index is 12.3. The zero-order valence-electron chi connectivity index (χ0n) is 11.8. The zero-order chi connectivity index (χ0) is 15.1. The van der Waals surface area contributed by atoms with Crippen molar-refractivity contribution < 1.29 is 4.79 Å². The van der Waals surface area contributed by atoms with Crippen molar-refractivity contribution in [3.05, 3.63) is 75.4 Å². The molecule has 0 aliphatic carbocycles. The molecule has 3 heteroatoms. The Kier molecular flexibility index (Phi) is 3.37. The van der Waals surface area contributed by atoms with Crippen LogP contribution in [0.4, 0.5) is 5.69 Å². The third-order valence-corrected chi connectivity index (χ3v) is 5.25. The highest BCUT2D eigenvalue weighted by molar-refractivity contribution is 14.1. The summed E-state index contributed by atoms with van der Waals surface area (Å²) < 4.78 is 1.21. The molecular formula is C19H14INO. The van der Waals surface area contributed by atoms with E-state index in [1.807, 2.05) is 24.3 Å². The van der Waals surface area contributed by atoms with Crippen molar-refractivity contribution in [2.45, 2.75) is 12.3 Å². The van der Waals surface area contributed by atoms with Crippen molar-refractivity contribution in [1.82, 2.24) is 0 Å². The molecule has 1 aliphatic rings. The molecule has 1 N–H and O–H groups in total. The quantitative estimate of drug-likeness (QED) is 0.579. The van der Waals surface area contributed by atoms with Gasteiger partial charge in [-0.15, -0.1) is 0 Å². The molecule has 0 fully saturated rings. The Morgan fingerprint density at radius 2 is 1.68 bits per heavy atom. The third kappa shape index (κ3) is 2.20. The van der Waals surface area contributed by atoms with Gasteiger partial charge in [0.15, 0.2) is 0 Å². The van der Waals surface area contributed by atoms with Gasteiger partial charge in [-0.05, 0) is 45.2 Å². The van der Waals surface area contributed by atoms with Gasteiger partial charge in [0.05, 0.1) is 5.69 Å². The van der Waals surface area contributed by atoms with Gasteiger partial charge in [0.1, 0.15) is 0 Å². The van der Waals surface area contributed by atoms with Crippen LogP contribution in [0.25, 0.3) is 10.8 Å². The first-order chi connectivity index (χ1) is 10.7. The minimum absolute atomic E-state index is 0.0912. The zero-order valence-corrected chi connectivity index (χ0v) is 14.0. The average molecular weight is 399 g/mol. The van der Waals surface area contributed by atoms with Gasteiger partial charge in [-0.1, -0.05) is 54.6 Å². The van der Waals surface area contributed by atoms with Crippen LogP contribution in [-0.2, 0) is 4.79 Å². The maximum Gasteiger partial charge on any atom is 0.225 e. The molecule has 1 heterocycles. The number of nitrogens with one attached hydrogen (secondary N) is 1. The molecule has 3 aromatic carbocycles. The van der Waals surface area contributed by atoms with Crippen molar-refractivity contribution >= 4 is 45.0 Å². The predicted molar refractivity (Wildman–Crippen MR) is 98.2 cm³/mol. The first-order valence-corrected chi connectivity index (χ1v) is 8.38. The number of amides is 1. The Morgan fingerprint density at radius 3 is 2.55 bits per heavy atom. The van der Waals surface area contributed by atoms with Gasteiger partial charge < -0.3 is 5.32 Å². The van der Waals surface area contributed by atoms with E-state index in [2.05, 4.69) is 64.3 Å². The van der Waals surface area contributed by atoms with Gasteiger partial charge in [0, 0.05) is 21.3 Å². The maximum atomic E-state index is 12.3. The highest BCUT2D eigenvalue weighted by Gasteiger charge is 2.28. The largest absolute Gasteiger partial charge is 0.325 e. The van der Waals surface area contributed by atoms with E-state index in [-0.39, 0.29) is 11.8 Å². The van der Waals surface area contributed by atoms with E-state index in [1.165, 1.54) is 14.7 Å². The van der Waals surface area contributed by atoms with E-state index in [0.717, 1.165) is 16.5 Å². The number of benzene rings is 3. The van der Waals surface area contributed by atoms with Crippen LogP contribution in [0.1, 0.15) is 23.5 Å². The second-order valence-corrected chi connectivity index (χ2v) is 6.74. The van der Waals surface area contributed by atoms with Crippen LogP contribution in [0.5, 0.6) is 0 Å². The van der Waals surface area contributed by atoms with Crippen molar-refractivity contribution in [2.75, 3.05) is 5.32 Å². The highest BCUT2D eigenvalue weighted by Crippen LogP contribution is 2.41. The average Bonchev–Trinajstić information content (AvgIpc) is 2.54. The molecule has 0 spiro atoms. The van der Waals surface area contributed by atoms with Crippen LogP contribution in [0.3, 0.4) is 0 Å². The van der Waals surface area contributed by atoms with Crippen LogP contribution >= 0.6 is 22.6 Å². The summed E-state index contributed by atoms with van der Waals surface area (Å²) in [5.74, 6) is 0.218. The van der Waals surface area contributed by atoms with Gasteiger partial charge >= 0.3 is 0 Å². The number of halogens is 1. The van der Waals surface area contributed by atoms with E-state index in [4.69, 9.17) is 0 Å². The number of hydrogen-bond donors (Lipinski definition) is 1. The molecule has 0 bridgehead atoms. The Morgan fingerprint density at radius 1 is 0.909 bits per heavy atom. The first-order valence-electron chi connectivity index (χ1n) is 7.30. The number of carbonyl (C=O) groups is 1. The molecule has 2 nitrogen and oxygen atoms in total. The lowest BCUT2D eigenvalue weighted by Gasteiger charge is -2.28. The molecule has 0 aromatic heterocycles. The minimum Gasteiger partial charge on any atom is -0.325 e. The van der Waals surface area contributed by atoms with Gasteiger partial charge in [0.2, 0.25) is 5.91 Å². The van der Waals surface area contributed by atoms with Crippen LogP contribution in [0.15, 0.2) is 60.7 Å². The van der Waals surface area contributed by atoms with Gasteiger partial charge in [-0.25, -0.2) is 0 Å². The Labute approximate surface area is 142 Å². The SMILES string of the molecule is O=C1CC(c2ccccc2I)c2ccc3ccccc3c2N1. The smallest absolute Gasteiger partial charge is 0.225 e. The van der Waals surface area contributed by atoms with E-state index in [9.17, 15) is 4.79 Å². The summed E-state index contributed by atoms with van der Waals surface area (Å²) in [7, 11) is 0. The summed E-state index contributed by atoms with van der Waals surface area (Å²) in [6.07, 6.45) is 0.505. The predicted octanol–water partition coefficient (Wildman–Crippen LogP) is 4.92. The highest BCUT2D eigenvalue weighted by atomic mass is 127. The van der Waals surface area contributed by atoms with Gasteiger partial charge in [-0.3, -0.25) is 4.79 Å². The summed E-state index contributed by atoms with van der Waals surface area (Å²) in [5, 5.41) is 5.35. The third-order valence-electron chi connectivity index (χ3n) is 4.27. The Balaban J connectivity index is 1.97. The summed E-state index contributed by atoms with van der Waals surface area (Å²) in [5.41, 5.74) is 3.41. The fourth-order valence-corrected chi connectivity index (χ4v) is 4.00. The molecule has 1 amide bonds. The Hall–Kier alpha value is -1.88. The molecule has 0 saturated carbocycles. The Bertz CT molecular complexity index is 887. The normalized spacial score (nSPS) is 17.1. The van der Waals surface area contributed by atoms with Crippen LogP contribution in [0.2, 0.25) is 0 Å². The number of anilines is 1. The van der Waals surface area contributed by atoms with Crippen molar-refractivity contribution in [1.29, 1.82) is 0 Å². The van der Waals surface area contributed by atoms with E-state index < -0.39 is 0 Å². The van der Waals surface area contributed by atoms with E-state index >= 15 is 0 Å². The molecule has 3 aromatic rings. The van der Waals surface area contributed by atoms with Crippen LogP contribution in [0, 0.1) is 3.57 Å². The molecule has 1 aliphatic heterocycles. The molecule has 22 heavy (non-hydrogen) atoms. The molecule has 4 rings (SSSR count). The number of fused-ring (bicyclic) bond motifs is 3. The lowest BCUT2D eigenvalue weighted by atomic mass is 9.83.